The van der Waals surface area contributed by atoms with Gasteiger partial charge >= 0.3 is 0 Å². The van der Waals surface area contributed by atoms with E-state index >= 15 is 0 Å². The summed E-state index contributed by atoms with van der Waals surface area (Å²) >= 11 is 1.63. The molecule has 3 fully saturated rings. The second kappa shape index (κ2) is 9.32. The van der Waals surface area contributed by atoms with E-state index in [1.807, 2.05) is 27.7 Å². The molecule has 0 saturated carbocycles. The minimum atomic E-state index is -0.741. The smallest absolute Gasteiger partial charge is 0.244 e. The molecule has 35 heavy (non-hydrogen) atoms. The lowest BCUT2D eigenvalue weighted by Crippen LogP contribution is -2.60. The number of ether oxygens (including phenoxy) is 1. The van der Waals surface area contributed by atoms with Crippen molar-refractivity contribution in [2.75, 3.05) is 18.5 Å². The highest BCUT2D eigenvalue weighted by Gasteiger charge is 2.76. The van der Waals surface area contributed by atoms with E-state index in [9.17, 15) is 19.5 Å². The van der Waals surface area contributed by atoms with Crippen molar-refractivity contribution < 1.29 is 24.2 Å². The molecule has 192 valence electrons. The molecule has 1 aromatic rings. The van der Waals surface area contributed by atoms with Crippen LogP contribution in [0.2, 0.25) is 0 Å². The monoisotopic (exact) mass is 503 g/mol. The molecule has 2 bridgehead atoms. The van der Waals surface area contributed by atoms with Crippen LogP contribution < -0.4 is 15.4 Å². The minimum absolute atomic E-state index is 0.0434. The first kappa shape index (κ1) is 25.8. The van der Waals surface area contributed by atoms with Gasteiger partial charge in [-0.05, 0) is 71.2 Å². The summed E-state index contributed by atoms with van der Waals surface area (Å²) in [6, 6.07) is 5.91. The van der Waals surface area contributed by atoms with E-state index in [0.29, 0.717) is 12.3 Å². The highest BCUT2D eigenvalue weighted by atomic mass is 32.2. The molecular formula is C26H37N3O5S. The Hall–Kier alpha value is -2.26. The maximum absolute atomic E-state index is 13.9. The number of fused-ring (bicyclic) bond motifs is 1. The molecule has 3 N–H and O–H groups in total. The Kier molecular flexibility index (Phi) is 6.87. The fourth-order valence-corrected chi connectivity index (χ4v) is 8.49. The van der Waals surface area contributed by atoms with E-state index in [0.717, 1.165) is 12.2 Å². The summed E-state index contributed by atoms with van der Waals surface area (Å²) in [6.45, 7) is 11.8. The zero-order chi connectivity index (χ0) is 25.7. The second-order valence-corrected chi connectivity index (χ2v) is 12.6. The minimum Gasteiger partial charge on any atom is -0.494 e. The molecule has 3 unspecified atom stereocenters. The van der Waals surface area contributed by atoms with Crippen molar-refractivity contribution in [2.24, 2.45) is 17.8 Å². The van der Waals surface area contributed by atoms with Gasteiger partial charge in [0, 0.05) is 16.5 Å². The van der Waals surface area contributed by atoms with E-state index in [2.05, 4.69) is 17.6 Å². The molecule has 0 radical (unpaired) electrons. The average molecular weight is 504 g/mol. The van der Waals surface area contributed by atoms with Crippen molar-refractivity contribution in [2.45, 2.75) is 75.6 Å². The van der Waals surface area contributed by atoms with E-state index in [4.69, 9.17) is 4.74 Å². The van der Waals surface area contributed by atoms with Gasteiger partial charge in [0.15, 0.2) is 0 Å². The lowest BCUT2D eigenvalue weighted by Gasteiger charge is -2.40. The predicted molar refractivity (Wildman–Crippen MR) is 136 cm³/mol. The number of likely N-dealkylation sites (tertiary alicyclic amines) is 1. The Labute approximate surface area is 211 Å². The Morgan fingerprint density at radius 3 is 2.49 bits per heavy atom. The number of carbonyl (C=O) groups excluding carboxylic acids is 3. The molecule has 3 aliphatic heterocycles. The number of carbonyl (C=O) groups is 3. The van der Waals surface area contributed by atoms with Gasteiger partial charge < -0.3 is 25.4 Å². The number of nitrogens with zero attached hydrogens (tertiary/aromatic N) is 1. The van der Waals surface area contributed by atoms with E-state index in [-0.39, 0.29) is 35.5 Å². The Morgan fingerprint density at radius 1 is 1.26 bits per heavy atom. The van der Waals surface area contributed by atoms with Crippen LogP contribution in [-0.2, 0) is 14.4 Å². The molecule has 0 aliphatic carbocycles. The number of anilines is 1. The summed E-state index contributed by atoms with van der Waals surface area (Å²) in [5.41, 5.74) is 0.166. The van der Waals surface area contributed by atoms with Crippen LogP contribution in [-0.4, -0.2) is 68.6 Å². The fraction of sp³-hybridized carbons (Fsp3) is 0.654. The Morgan fingerprint density at radius 2 is 1.91 bits per heavy atom. The van der Waals surface area contributed by atoms with Crippen LogP contribution in [0.25, 0.3) is 0 Å². The standard InChI is InChI=1S/C26H37N3O5S/c1-7-34-17-10-8-16(9-11-17)27-22(31)19-18-12-14(2)26(35-18)20(19)24(33)29(15(3)13-30)21(26)23(32)28-25(4,5)6/h8-11,14-15,18-21,30H,7,12-13H2,1-6H3,(H,27,31)(H,28,32)/t14?,15-,18-,19+,20+,21?,26?/m1/s1. The maximum atomic E-state index is 13.9. The zero-order valence-electron chi connectivity index (χ0n) is 21.3. The van der Waals surface area contributed by atoms with Crippen LogP contribution in [0, 0.1) is 17.8 Å². The van der Waals surface area contributed by atoms with Gasteiger partial charge in [-0.25, -0.2) is 0 Å². The summed E-state index contributed by atoms with van der Waals surface area (Å²) in [4.78, 5) is 42.7. The summed E-state index contributed by atoms with van der Waals surface area (Å²) in [5.74, 6) is -0.999. The largest absolute Gasteiger partial charge is 0.494 e. The van der Waals surface area contributed by atoms with E-state index in [1.54, 1.807) is 47.9 Å². The van der Waals surface area contributed by atoms with Crippen LogP contribution in [0.4, 0.5) is 5.69 Å². The number of amides is 3. The van der Waals surface area contributed by atoms with Crippen LogP contribution in [0.1, 0.15) is 48.0 Å². The third kappa shape index (κ3) is 4.31. The third-order valence-electron chi connectivity index (χ3n) is 7.40. The summed E-state index contributed by atoms with van der Waals surface area (Å²) < 4.78 is 4.77. The first-order chi connectivity index (χ1) is 16.4. The number of benzene rings is 1. The van der Waals surface area contributed by atoms with Crippen LogP contribution >= 0.6 is 11.8 Å². The molecule has 1 aromatic carbocycles. The third-order valence-corrected chi connectivity index (χ3v) is 9.48. The number of thioether (sulfide) groups is 1. The predicted octanol–water partition coefficient (Wildman–Crippen LogP) is 2.66. The average Bonchev–Trinajstić information content (AvgIpc) is 3.37. The molecule has 7 atom stereocenters. The number of aliphatic hydroxyl groups is 1. The molecule has 3 aliphatic rings. The van der Waals surface area contributed by atoms with Crippen LogP contribution in [0.5, 0.6) is 5.75 Å². The van der Waals surface area contributed by atoms with Gasteiger partial charge in [-0.2, -0.15) is 0 Å². The summed E-state index contributed by atoms with van der Waals surface area (Å²) in [5, 5.41) is 16.0. The normalized spacial score (nSPS) is 32.4. The van der Waals surface area contributed by atoms with Gasteiger partial charge in [0.25, 0.3) is 0 Å². The first-order valence-corrected chi connectivity index (χ1v) is 13.3. The molecule has 4 rings (SSSR count). The quantitative estimate of drug-likeness (QED) is 0.528. The molecule has 3 heterocycles. The highest BCUT2D eigenvalue weighted by molar-refractivity contribution is 8.02. The number of hydrogen-bond donors (Lipinski definition) is 3. The Bertz CT molecular complexity index is 994. The van der Waals surface area contributed by atoms with Crippen LogP contribution in [0.3, 0.4) is 0 Å². The van der Waals surface area contributed by atoms with Gasteiger partial charge in [-0.1, -0.05) is 6.92 Å². The molecule has 3 saturated heterocycles. The second-order valence-electron chi connectivity index (χ2n) is 11.0. The topological polar surface area (TPSA) is 108 Å². The highest BCUT2D eigenvalue weighted by Crippen LogP contribution is 2.68. The maximum Gasteiger partial charge on any atom is 0.244 e. The van der Waals surface area contributed by atoms with Gasteiger partial charge in [-0.3, -0.25) is 14.4 Å². The molecule has 1 spiro atoms. The first-order valence-electron chi connectivity index (χ1n) is 12.4. The van der Waals surface area contributed by atoms with Crippen molar-refractivity contribution in [3.63, 3.8) is 0 Å². The number of aliphatic hydroxyl groups excluding tert-OH is 1. The molecular weight excluding hydrogens is 466 g/mol. The number of rotatable bonds is 7. The van der Waals surface area contributed by atoms with E-state index in [1.165, 1.54) is 0 Å². The van der Waals surface area contributed by atoms with Gasteiger partial charge in [0.1, 0.15) is 11.8 Å². The lowest BCUT2D eigenvalue weighted by molar-refractivity contribution is -0.142. The van der Waals surface area contributed by atoms with Crippen molar-refractivity contribution in [3.05, 3.63) is 24.3 Å². The lowest BCUT2D eigenvalue weighted by atomic mass is 9.65. The number of nitrogens with one attached hydrogen (secondary N) is 2. The van der Waals surface area contributed by atoms with Gasteiger partial charge in [0.05, 0.1) is 35.8 Å². The summed E-state index contributed by atoms with van der Waals surface area (Å²) in [7, 11) is 0. The van der Waals surface area contributed by atoms with Crippen molar-refractivity contribution in [1.82, 2.24) is 10.2 Å². The summed E-state index contributed by atoms with van der Waals surface area (Å²) in [6.07, 6.45) is 0.760. The van der Waals surface area contributed by atoms with Crippen molar-refractivity contribution >= 4 is 35.2 Å². The zero-order valence-corrected chi connectivity index (χ0v) is 22.1. The van der Waals surface area contributed by atoms with Crippen molar-refractivity contribution in [3.8, 4) is 5.75 Å². The SMILES string of the molecule is CCOc1ccc(NC(=O)[C@@H]2[C@H]3C(=O)N([C@H](C)CO)C(C(=O)NC(C)(C)C)C34S[C@@H]2CC4C)cc1. The molecule has 9 heteroatoms. The molecule has 8 nitrogen and oxygen atoms in total. The Balaban J connectivity index is 1.67. The molecule has 0 aromatic heterocycles. The van der Waals surface area contributed by atoms with Gasteiger partial charge in [-0.15, -0.1) is 11.8 Å². The van der Waals surface area contributed by atoms with Gasteiger partial charge in [0.2, 0.25) is 17.7 Å². The van der Waals surface area contributed by atoms with Crippen molar-refractivity contribution in [1.29, 1.82) is 0 Å². The number of hydrogen-bond acceptors (Lipinski definition) is 6. The van der Waals surface area contributed by atoms with E-state index < -0.39 is 34.2 Å². The van der Waals surface area contributed by atoms with Crippen LogP contribution in [0.15, 0.2) is 24.3 Å². The fourth-order valence-electron chi connectivity index (χ4n) is 6.09. The molecule has 3 amide bonds.